The van der Waals surface area contributed by atoms with Crippen LogP contribution in [0, 0.1) is 5.92 Å². The molecule has 4 nitrogen and oxygen atoms in total. The van der Waals surface area contributed by atoms with E-state index in [1.807, 2.05) is 21.1 Å². The molecule has 4 heteroatoms. The van der Waals surface area contributed by atoms with Gasteiger partial charge in [-0.1, -0.05) is 13.8 Å². The molecule has 1 N–H and O–H groups in total. The molecule has 0 saturated heterocycles. The summed E-state index contributed by atoms with van der Waals surface area (Å²) in [7, 11) is 5.58. The van der Waals surface area contributed by atoms with Crippen LogP contribution in [0.5, 0.6) is 0 Å². The molecule has 0 aromatic heterocycles. The zero-order valence-corrected chi connectivity index (χ0v) is 9.29. The van der Waals surface area contributed by atoms with E-state index >= 15 is 0 Å². The summed E-state index contributed by atoms with van der Waals surface area (Å²) < 4.78 is 0.336. The quantitative estimate of drug-likeness (QED) is 0.276. The van der Waals surface area contributed by atoms with Crippen LogP contribution in [0.25, 0.3) is 0 Å². The van der Waals surface area contributed by atoms with Crippen molar-refractivity contribution in [2.75, 3.05) is 34.2 Å². The average Bonchev–Trinajstić information content (AvgIpc) is 1.81. The monoisotopic (exact) mass is 187 g/mol. The molecule has 0 radical (unpaired) electrons. The Hall–Kier alpha value is -0.610. The Kier molecular flexibility index (Phi) is 4.95. The van der Waals surface area contributed by atoms with Gasteiger partial charge in [-0.3, -0.25) is 0 Å². The number of hydrogen-bond acceptors (Lipinski definition) is 3. The van der Waals surface area contributed by atoms with E-state index in [0.717, 1.165) is 6.54 Å². The first-order valence-corrected chi connectivity index (χ1v) is 4.59. The summed E-state index contributed by atoms with van der Waals surface area (Å²) >= 11 is 0. The molecule has 0 aromatic rings. The molecule has 0 fully saturated rings. The summed E-state index contributed by atoms with van der Waals surface area (Å²) in [5.74, 6) is 0.477. The van der Waals surface area contributed by atoms with Crippen molar-refractivity contribution >= 4 is 5.90 Å². The third-order valence-corrected chi connectivity index (χ3v) is 1.24. The van der Waals surface area contributed by atoms with Gasteiger partial charge in [-0.2, -0.15) is 0 Å². The van der Waals surface area contributed by atoms with Crippen molar-refractivity contribution in [2.24, 2.45) is 11.0 Å². The predicted molar refractivity (Wildman–Crippen MR) is 53.2 cm³/mol. The smallest absolute Gasteiger partial charge is 0.0923 e. The first-order chi connectivity index (χ1) is 5.81. The normalized spacial score (nSPS) is 13.8. The lowest BCUT2D eigenvalue weighted by Gasteiger charge is -2.20. The zero-order chi connectivity index (χ0) is 10.5. The van der Waals surface area contributed by atoms with Crippen molar-refractivity contribution < 1.29 is 9.70 Å². The van der Waals surface area contributed by atoms with Crippen molar-refractivity contribution in [1.29, 1.82) is 0 Å². The van der Waals surface area contributed by atoms with Crippen LogP contribution >= 0.6 is 0 Å². The molecule has 0 aliphatic rings. The van der Waals surface area contributed by atoms with Crippen LogP contribution in [0.4, 0.5) is 0 Å². The van der Waals surface area contributed by atoms with Crippen LogP contribution in [0.15, 0.2) is 5.10 Å². The lowest BCUT2D eigenvalue weighted by Crippen LogP contribution is -2.39. The van der Waals surface area contributed by atoms with Crippen molar-refractivity contribution in [1.82, 2.24) is 5.32 Å². The fourth-order valence-electron chi connectivity index (χ4n) is 0.838. The summed E-state index contributed by atoms with van der Waals surface area (Å²) in [4.78, 5) is 0. The molecule has 0 aliphatic heterocycles. The van der Waals surface area contributed by atoms with Crippen LogP contribution in [0.2, 0.25) is 0 Å². The van der Waals surface area contributed by atoms with E-state index in [0.29, 0.717) is 17.1 Å². The maximum absolute atomic E-state index is 11.2. The summed E-state index contributed by atoms with van der Waals surface area (Å²) in [6.45, 7) is 5.41. The summed E-state index contributed by atoms with van der Waals surface area (Å²) in [5, 5.41) is 18.2. The van der Waals surface area contributed by atoms with Crippen molar-refractivity contribution in [3.05, 3.63) is 0 Å². The average molecular weight is 187 g/mol. The summed E-state index contributed by atoms with van der Waals surface area (Å²) in [5.41, 5.74) is 0. The van der Waals surface area contributed by atoms with Crippen LogP contribution < -0.4 is 10.4 Å². The van der Waals surface area contributed by atoms with Gasteiger partial charge in [-0.15, -0.1) is 5.10 Å². The second-order valence-corrected chi connectivity index (χ2v) is 4.46. The van der Waals surface area contributed by atoms with Gasteiger partial charge >= 0.3 is 0 Å². The van der Waals surface area contributed by atoms with E-state index in [1.54, 1.807) is 0 Å². The number of nitrogens with zero attached hydrogens (tertiary/aromatic N) is 2. The molecular weight excluding hydrogens is 166 g/mol. The molecule has 13 heavy (non-hydrogen) atoms. The van der Waals surface area contributed by atoms with E-state index in [9.17, 15) is 5.11 Å². The Morgan fingerprint density at radius 2 is 1.92 bits per heavy atom. The van der Waals surface area contributed by atoms with Crippen LogP contribution in [0.3, 0.4) is 0 Å². The summed E-state index contributed by atoms with van der Waals surface area (Å²) in [6.07, 6.45) is 0. The van der Waals surface area contributed by atoms with Crippen molar-refractivity contribution in [3.8, 4) is 0 Å². The predicted octanol–water partition coefficient (Wildman–Crippen LogP) is -0.388. The molecule has 78 valence electrons. The van der Waals surface area contributed by atoms with Gasteiger partial charge in [0.15, 0.2) is 0 Å². The lowest BCUT2D eigenvalue weighted by atomic mass is 10.2. The minimum Gasteiger partial charge on any atom is -0.857 e. The number of rotatable bonds is 5. The fourth-order valence-corrected chi connectivity index (χ4v) is 0.838. The SMILES string of the molecule is CC(C)CNCC([O-])=N[N+](C)(C)C. The van der Waals surface area contributed by atoms with Crippen LogP contribution in [-0.4, -0.2) is 44.7 Å². The van der Waals surface area contributed by atoms with Crippen molar-refractivity contribution in [2.45, 2.75) is 13.8 Å². The number of hydrogen-bond donors (Lipinski definition) is 1. The molecule has 0 unspecified atom stereocenters. The highest BCUT2D eigenvalue weighted by molar-refractivity contribution is 5.72. The largest absolute Gasteiger partial charge is 0.857 e. The standard InChI is InChI=1S/C9H21N3O/c1-8(2)6-10-7-9(13)11-12(3,4)5/h8,10H,6-7H2,1-5H3. The van der Waals surface area contributed by atoms with Gasteiger partial charge in [0.05, 0.1) is 21.1 Å². The molecule has 0 saturated carbocycles. The molecule has 0 rings (SSSR count). The number of quaternary nitrogens is 1. The third-order valence-electron chi connectivity index (χ3n) is 1.24. The zero-order valence-electron chi connectivity index (χ0n) is 9.29. The first-order valence-electron chi connectivity index (χ1n) is 4.59. The van der Waals surface area contributed by atoms with Gasteiger partial charge in [-0.05, 0) is 12.5 Å². The highest BCUT2D eigenvalue weighted by Crippen LogP contribution is 1.90. The summed E-state index contributed by atoms with van der Waals surface area (Å²) in [6, 6.07) is 0. The Morgan fingerprint density at radius 1 is 1.38 bits per heavy atom. The van der Waals surface area contributed by atoms with E-state index in [-0.39, 0.29) is 5.90 Å². The maximum Gasteiger partial charge on any atom is 0.0923 e. The first kappa shape index (κ1) is 12.4. The van der Waals surface area contributed by atoms with Gasteiger partial charge < -0.3 is 10.4 Å². The second kappa shape index (κ2) is 5.19. The Morgan fingerprint density at radius 3 is 2.31 bits per heavy atom. The van der Waals surface area contributed by atoms with Crippen LogP contribution in [-0.2, 0) is 0 Å². The molecule has 0 spiro atoms. The van der Waals surface area contributed by atoms with Gasteiger partial charge in [0.1, 0.15) is 0 Å². The molecule has 0 amide bonds. The van der Waals surface area contributed by atoms with Gasteiger partial charge in [0.25, 0.3) is 0 Å². The van der Waals surface area contributed by atoms with E-state index in [1.165, 1.54) is 0 Å². The van der Waals surface area contributed by atoms with Gasteiger partial charge in [-0.25, -0.2) is 4.59 Å². The Labute approximate surface area is 80.8 Å². The minimum atomic E-state index is -0.0897. The van der Waals surface area contributed by atoms with E-state index in [4.69, 9.17) is 0 Å². The highest BCUT2D eigenvalue weighted by Gasteiger charge is 2.02. The minimum absolute atomic E-state index is 0.0897. The van der Waals surface area contributed by atoms with E-state index < -0.39 is 0 Å². The molecule has 0 bridgehead atoms. The van der Waals surface area contributed by atoms with Crippen LogP contribution in [0.1, 0.15) is 13.8 Å². The van der Waals surface area contributed by atoms with E-state index in [2.05, 4.69) is 24.3 Å². The molecular formula is C9H21N3O. The molecule has 0 aromatic carbocycles. The Balaban J connectivity index is 3.74. The van der Waals surface area contributed by atoms with Gasteiger partial charge in [0.2, 0.25) is 0 Å². The fraction of sp³-hybridized carbons (Fsp3) is 0.889. The van der Waals surface area contributed by atoms with Gasteiger partial charge in [0, 0.05) is 12.4 Å². The molecule has 0 heterocycles. The lowest BCUT2D eigenvalue weighted by molar-refractivity contribution is -0.878. The Bertz CT molecular complexity index is 170. The third kappa shape index (κ3) is 9.30. The maximum atomic E-state index is 11.2. The topological polar surface area (TPSA) is 47.4 Å². The molecule has 0 atom stereocenters. The molecule has 0 aliphatic carbocycles. The highest BCUT2D eigenvalue weighted by atomic mass is 16.3. The second-order valence-electron chi connectivity index (χ2n) is 4.46. The van der Waals surface area contributed by atoms with Crippen molar-refractivity contribution in [3.63, 3.8) is 0 Å². The number of nitrogens with one attached hydrogen (secondary N) is 1.